The van der Waals surface area contributed by atoms with Gasteiger partial charge in [0, 0.05) is 13.1 Å². The van der Waals surface area contributed by atoms with Crippen LogP contribution in [0.25, 0.3) is 11.1 Å². The minimum absolute atomic E-state index is 0.0792. The fourth-order valence-electron chi connectivity index (χ4n) is 2.37. The fourth-order valence-corrected chi connectivity index (χ4v) is 2.37. The first kappa shape index (κ1) is 18.4. The number of halogens is 6. The van der Waals surface area contributed by atoms with Gasteiger partial charge in [-0.15, -0.1) is 13.2 Å². The van der Waals surface area contributed by atoms with Gasteiger partial charge < -0.3 is 14.8 Å². The molecule has 1 saturated heterocycles. The molecule has 26 heavy (non-hydrogen) atoms. The summed E-state index contributed by atoms with van der Waals surface area (Å²) in [5, 5.41) is 2.92. The van der Waals surface area contributed by atoms with Crippen molar-refractivity contribution in [2.45, 2.75) is 18.6 Å². The van der Waals surface area contributed by atoms with Crippen molar-refractivity contribution in [2.75, 3.05) is 13.1 Å². The number of nitrogens with one attached hydrogen (secondary N) is 1. The highest BCUT2D eigenvalue weighted by atomic mass is 19.4. The van der Waals surface area contributed by atoms with Crippen molar-refractivity contribution in [2.24, 2.45) is 0 Å². The van der Waals surface area contributed by atoms with Crippen LogP contribution in [0.4, 0.5) is 26.3 Å². The first-order valence-electron chi connectivity index (χ1n) is 7.56. The monoisotopic (exact) mass is 377 g/mol. The van der Waals surface area contributed by atoms with Gasteiger partial charge in [-0.25, -0.2) is 0 Å². The maximum Gasteiger partial charge on any atom is 0.573 e. The minimum Gasteiger partial charge on any atom is -0.484 e. The van der Waals surface area contributed by atoms with Gasteiger partial charge >= 0.3 is 12.5 Å². The average Bonchev–Trinajstić information content (AvgIpc) is 2.49. The summed E-state index contributed by atoms with van der Waals surface area (Å²) in [4.78, 5) is 0. The van der Waals surface area contributed by atoms with Crippen LogP contribution in [-0.2, 0) is 6.18 Å². The topological polar surface area (TPSA) is 30.5 Å². The molecule has 2 aromatic carbocycles. The molecule has 1 aliphatic rings. The van der Waals surface area contributed by atoms with E-state index in [0.717, 1.165) is 18.2 Å². The van der Waals surface area contributed by atoms with Crippen LogP contribution in [0.15, 0.2) is 42.5 Å². The molecule has 3 nitrogen and oxygen atoms in total. The van der Waals surface area contributed by atoms with Crippen molar-refractivity contribution in [3.63, 3.8) is 0 Å². The van der Waals surface area contributed by atoms with Gasteiger partial charge in [-0.05, 0) is 35.4 Å². The Kier molecular flexibility index (Phi) is 4.74. The highest BCUT2D eigenvalue weighted by molar-refractivity contribution is 5.67. The second-order valence-corrected chi connectivity index (χ2v) is 5.68. The van der Waals surface area contributed by atoms with Crippen molar-refractivity contribution in [3.8, 4) is 22.6 Å². The predicted octanol–water partition coefficient (Wildman–Crippen LogP) is 4.62. The Labute approximate surface area is 144 Å². The van der Waals surface area contributed by atoms with E-state index in [1.54, 1.807) is 0 Å². The van der Waals surface area contributed by atoms with E-state index in [4.69, 9.17) is 4.74 Å². The highest BCUT2D eigenvalue weighted by Gasteiger charge is 2.33. The van der Waals surface area contributed by atoms with Gasteiger partial charge in [-0.1, -0.05) is 18.2 Å². The largest absolute Gasteiger partial charge is 0.573 e. The van der Waals surface area contributed by atoms with Gasteiger partial charge in [0.25, 0.3) is 0 Å². The fraction of sp³-hybridized carbons (Fsp3) is 0.294. The van der Waals surface area contributed by atoms with Crippen molar-refractivity contribution >= 4 is 0 Å². The van der Waals surface area contributed by atoms with Crippen LogP contribution in [0.1, 0.15) is 5.56 Å². The second kappa shape index (κ2) is 6.71. The summed E-state index contributed by atoms with van der Waals surface area (Å²) in [7, 11) is 0. The maximum atomic E-state index is 12.7. The lowest BCUT2D eigenvalue weighted by Gasteiger charge is -2.28. The van der Waals surface area contributed by atoms with Crippen LogP contribution < -0.4 is 14.8 Å². The zero-order chi connectivity index (χ0) is 18.9. The van der Waals surface area contributed by atoms with E-state index in [9.17, 15) is 26.3 Å². The number of rotatable bonds is 4. The summed E-state index contributed by atoms with van der Waals surface area (Å²) in [5.74, 6) is -0.619. The van der Waals surface area contributed by atoms with Gasteiger partial charge in [0.05, 0.1) is 5.56 Å². The van der Waals surface area contributed by atoms with Crippen LogP contribution >= 0.6 is 0 Å². The number of alkyl halides is 6. The molecule has 1 fully saturated rings. The Morgan fingerprint density at radius 1 is 0.808 bits per heavy atom. The zero-order valence-corrected chi connectivity index (χ0v) is 13.1. The quantitative estimate of drug-likeness (QED) is 0.789. The molecule has 0 amide bonds. The Morgan fingerprint density at radius 3 is 1.92 bits per heavy atom. The Bertz CT molecular complexity index is 766. The van der Waals surface area contributed by atoms with E-state index in [0.29, 0.717) is 18.7 Å². The second-order valence-electron chi connectivity index (χ2n) is 5.68. The summed E-state index contributed by atoms with van der Waals surface area (Å²) in [5.41, 5.74) is -0.246. The van der Waals surface area contributed by atoms with Gasteiger partial charge in [-0.2, -0.15) is 13.2 Å². The van der Waals surface area contributed by atoms with Gasteiger partial charge in [-0.3, -0.25) is 0 Å². The number of hydrogen-bond acceptors (Lipinski definition) is 3. The Morgan fingerprint density at radius 2 is 1.42 bits per heavy atom. The Balaban J connectivity index is 1.90. The minimum atomic E-state index is -4.92. The Hall–Kier alpha value is -2.42. The summed E-state index contributed by atoms with van der Waals surface area (Å²) in [6.45, 7) is 1.01. The zero-order valence-electron chi connectivity index (χ0n) is 13.1. The molecule has 0 unspecified atom stereocenters. The molecular weight excluding hydrogens is 364 g/mol. The van der Waals surface area contributed by atoms with E-state index in [1.807, 2.05) is 0 Å². The number of benzene rings is 2. The number of hydrogen-bond donors (Lipinski definition) is 1. The molecule has 0 aliphatic carbocycles. The normalized spacial score (nSPS) is 15.5. The molecule has 0 aromatic heterocycles. The lowest BCUT2D eigenvalue weighted by atomic mass is 10.0. The third-order valence-electron chi connectivity index (χ3n) is 3.75. The van der Waals surface area contributed by atoms with Crippen LogP contribution in [-0.4, -0.2) is 25.6 Å². The smallest absolute Gasteiger partial charge is 0.484 e. The van der Waals surface area contributed by atoms with E-state index >= 15 is 0 Å². The third kappa shape index (κ3) is 4.40. The van der Waals surface area contributed by atoms with Gasteiger partial charge in [0.1, 0.15) is 6.10 Å². The summed E-state index contributed by atoms with van der Waals surface area (Å²) in [6, 6.07) is 7.98. The molecule has 0 radical (unpaired) electrons. The van der Waals surface area contributed by atoms with Gasteiger partial charge in [0.2, 0.25) is 0 Å². The third-order valence-corrected chi connectivity index (χ3v) is 3.75. The highest BCUT2D eigenvalue weighted by Crippen LogP contribution is 2.38. The van der Waals surface area contributed by atoms with Crippen LogP contribution in [0.3, 0.4) is 0 Å². The first-order valence-corrected chi connectivity index (χ1v) is 7.56. The standard InChI is InChI=1S/C17H13F6NO2/c18-16(19,20)12-4-1-10(2-5-12)11-3-6-14(25-13-8-24-9-13)15(7-11)26-17(21,22)23/h1-7,13,24H,8-9H2. The first-order chi connectivity index (χ1) is 12.1. The molecule has 1 aliphatic heterocycles. The molecule has 2 aromatic rings. The molecule has 0 spiro atoms. The summed E-state index contributed by atoms with van der Waals surface area (Å²) < 4.78 is 85.3. The molecule has 140 valence electrons. The van der Waals surface area contributed by atoms with E-state index < -0.39 is 23.9 Å². The van der Waals surface area contributed by atoms with Crippen LogP contribution in [0.2, 0.25) is 0 Å². The van der Waals surface area contributed by atoms with E-state index in [-0.39, 0.29) is 17.4 Å². The lowest BCUT2D eigenvalue weighted by molar-refractivity contribution is -0.275. The summed E-state index contributed by atoms with van der Waals surface area (Å²) >= 11 is 0. The molecule has 0 atom stereocenters. The molecule has 0 bridgehead atoms. The van der Waals surface area contributed by atoms with Crippen LogP contribution in [0.5, 0.6) is 11.5 Å². The van der Waals surface area contributed by atoms with Crippen molar-refractivity contribution < 1.29 is 35.8 Å². The number of ether oxygens (including phenoxy) is 2. The lowest BCUT2D eigenvalue weighted by Crippen LogP contribution is -2.50. The summed E-state index contributed by atoms with van der Waals surface area (Å²) in [6.07, 6.45) is -9.67. The van der Waals surface area contributed by atoms with Crippen molar-refractivity contribution in [1.82, 2.24) is 5.32 Å². The average molecular weight is 377 g/mol. The molecule has 1 N–H and O–H groups in total. The van der Waals surface area contributed by atoms with Gasteiger partial charge in [0.15, 0.2) is 11.5 Å². The molecule has 0 saturated carbocycles. The van der Waals surface area contributed by atoms with Crippen molar-refractivity contribution in [1.29, 1.82) is 0 Å². The molecule has 1 heterocycles. The van der Waals surface area contributed by atoms with E-state index in [1.165, 1.54) is 24.3 Å². The molecule has 3 rings (SSSR count). The SMILES string of the molecule is FC(F)(F)Oc1cc(-c2ccc(C(F)(F)F)cc2)ccc1OC1CNC1. The predicted molar refractivity (Wildman–Crippen MR) is 80.8 cm³/mol. The van der Waals surface area contributed by atoms with Crippen molar-refractivity contribution in [3.05, 3.63) is 48.0 Å². The van der Waals surface area contributed by atoms with E-state index in [2.05, 4.69) is 10.1 Å². The molecular formula is C17H13F6NO2. The van der Waals surface area contributed by atoms with Crippen LogP contribution in [0, 0.1) is 0 Å². The maximum absolute atomic E-state index is 12.7. The molecule has 9 heteroatoms.